The molecule has 0 aromatic rings. The molecule has 1 aliphatic rings. The van der Waals surface area contributed by atoms with Gasteiger partial charge in [0.15, 0.2) is 0 Å². The van der Waals surface area contributed by atoms with Gasteiger partial charge in [-0.3, -0.25) is 4.90 Å². The molecule has 0 aromatic carbocycles. The quantitative estimate of drug-likeness (QED) is 0.401. The van der Waals surface area contributed by atoms with Crippen LogP contribution in [0.15, 0.2) is 12.7 Å². The van der Waals surface area contributed by atoms with Gasteiger partial charge in [-0.1, -0.05) is 38.2 Å². The first-order valence-electron chi connectivity index (χ1n) is 11.7. The van der Waals surface area contributed by atoms with Crippen molar-refractivity contribution in [3.05, 3.63) is 12.7 Å². The van der Waals surface area contributed by atoms with Crippen molar-refractivity contribution >= 4 is 0 Å². The Morgan fingerprint density at radius 2 is 0.897 bits per heavy atom. The van der Waals surface area contributed by atoms with Crippen LogP contribution in [0, 0.1) is 0 Å². The van der Waals surface area contributed by atoms with Crippen LogP contribution in [0.1, 0.15) is 51.4 Å². The van der Waals surface area contributed by atoms with E-state index in [0.29, 0.717) is 52.9 Å². The van der Waals surface area contributed by atoms with E-state index < -0.39 is 0 Å². The fraction of sp³-hybridized carbons (Fsp3) is 0.913. The fourth-order valence-electron chi connectivity index (χ4n) is 3.21. The van der Waals surface area contributed by atoms with Gasteiger partial charge in [-0.15, -0.1) is 6.58 Å². The minimum absolute atomic E-state index is 0.600. The van der Waals surface area contributed by atoms with Crippen molar-refractivity contribution in [2.45, 2.75) is 51.4 Å². The molecule has 172 valence electrons. The summed E-state index contributed by atoms with van der Waals surface area (Å²) in [7, 11) is 0. The van der Waals surface area contributed by atoms with Gasteiger partial charge in [-0.05, 0) is 25.8 Å². The fourth-order valence-corrected chi connectivity index (χ4v) is 3.21. The molecule has 0 atom stereocenters. The van der Waals surface area contributed by atoms with Crippen molar-refractivity contribution in [1.82, 2.24) is 4.90 Å². The van der Waals surface area contributed by atoms with Crippen molar-refractivity contribution < 1.29 is 23.7 Å². The third-order valence-electron chi connectivity index (χ3n) is 4.97. The predicted molar refractivity (Wildman–Crippen MR) is 118 cm³/mol. The Hall–Kier alpha value is -0.500. The Morgan fingerprint density at radius 3 is 1.34 bits per heavy atom. The summed E-state index contributed by atoms with van der Waals surface area (Å²) in [6.07, 6.45) is 12.4. The molecule has 1 heterocycles. The highest BCUT2D eigenvalue weighted by Crippen LogP contribution is 2.09. The molecule has 1 fully saturated rings. The number of unbranched alkanes of at least 4 members (excludes halogenated alkanes) is 7. The summed E-state index contributed by atoms with van der Waals surface area (Å²) in [5.41, 5.74) is 0. The SMILES string of the molecule is C=CCCCCCCCCCN1CCOCCOCCOCCOCCOCC1. The smallest absolute Gasteiger partial charge is 0.0701 e. The third kappa shape index (κ3) is 19.2. The maximum Gasteiger partial charge on any atom is 0.0701 e. The highest BCUT2D eigenvalue weighted by molar-refractivity contribution is 4.65. The molecule has 0 amide bonds. The summed E-state index contributed by atoms with van der Waals surface area (Å²) in [4.78, 5) is 2.46. The molecule has 1 aliphatic heterocycles. The van der Waals surface area contributed by atoms with Crippen LogP contribution in [0.2, 0.25) is 0 Å². The summed E-state index contributed by atoms with van der Waals surface area (Å²) in [6.45, 7) is 13.2. The second-order valence-corrected chi connectivity index (χ2v) is 7.46. The standard InChI is InChI=1S/C23H45NO5/c1-2-3-4-5-6-7-8-9-10-11-24-12-14-25-16-18-27-20-22-29-23-21-28-19-17-26-15-13-24/h2H,1,3-23H2. The topological polar surface area (TPSA) is 49.4 Å². The first-order chi connectivity index (χ1) is 14.4. The van der Waals surface area contributed by atoms with Gasteiger partial charge < -0.3 is 23.7 Å². The van der Waals surface area contributed by atoms with Gasteiger partial charge >= 0.3 is 0 Å². The zero-order chi connectivity index (χ0) is 20.7. The van der Waals surface area contributed by atoms with E-state index in [4.69, 9.17) is 23.7 Å². The summed E-state index contributed by atoms with van der Waals surface area (Å²) >= 11 is 0. The minimum atomic E-state index is 0.600. The van der Waals surface area contributed by atoms with Crippen molar-refractivity contribution in [1.29, 1.82) is 0 Å². The van der Waals surface area contributed by atoms with Crippen LogP contribution in [0.4, 0.5) is 0 Å². The Bertz CT molecular complexity index is 325. The van der Waals surface area contributed by atoms with Gasteiger partial charge in [-0.2, -0.15) is 0 Å². The van der Waals surface area contributed by atoms with Gasteiger partial charge in [0.05, 0.1) is 66.1 Å². The molecule has 0 aliphatic carbocycles. The Morgan fingerprint density at radius 1 is 0.517 bits per heavy atom. The maximum absolute atomic E-state index is 5.73. The number of allylic oxidation sites excluding steroid dienone is 1. The monoisotopic (exact) mass is 415 g/mol. The van der Waals surface area contributed by atoms with Crippen LogP contribution in [-0.2, 0) is 23.7 Å². The minimum Gasteiger partial charge on any atom is -0.378 e. The number of rotatable bonds is 10. The molecule has 0 radical (unpaired) electrons. The van der Waals surface area contributed by atoms with E-state index >= 15 is 0 Å². The first-order valence-corrected chi connectivity index (χ1v) is 11.7. The lowest BCUT2D eigenvalue weighted by molar-refractivity contribution is -0.0186. The van der Waals surface area contributed by atoms with Gasteiger partial charge in [0.1, 0.15) is 0 Å². The molecule has 1 saturated heterocycles. The molecule has 0 N–H and O–H groups in total. The number of nitrogens with zero attached hydrogens (tertiary/aromatic N) is 1. The molecule has 0 bridgehead atoms. The molecule has 0 saturated carbocycles. The van der Waals surface area contributed by atoms with Gasteiger partial charge in [0.25, 0.3) is 0 Å². The molecule has 6 heteroatoms. The zero-order valence-corrected chi connectivity index (χ0v) is 18.6. The van der Waals surface area contributed by atoms with Crippen molar-refractivity contribution in [3.63, 3.8) is 0 Å². The number of ether oxygens (including phenoxy) is 5. The second kappa shape index (κ2) is 22.2. The van der Waals surface area contributed by atoms with Gasteiger partial charge in [0, 0.05) is 13.1 Å². The van der Waals surface area contributed by atoms with E-state index in [9.17, 15) is 0 Å². The average molecular weight is 416 g/mol. The van der Waals surface area contributed by atoms with E-state index in [-0.39, 0.29) is 0 Å². The van der Waals surface area contributed by atoms with Crippen LogP contribution >= 0.6 is 0 Å². The lowest BCUT2D eigenvalue weighted by atomic mass is 10.1. The molecule has 6 nitrogen and oxygen atoms in total. The summed E-state index contributed by atoms with van der Waals surface area (Å²) < 4.78 is 27.9. The third-order valence-corrected chi connectivity index (χ3v) is 4.97. The van der Waals surface area contributed by atoms with Crippen molar-refractivity contribution in [2.24, 2.45) is 0 Å². The number of hydrogen-bond acceptors (Lipinski definition) is 6. The Labute approximate surface area is 178 Å². The molecule has 0 aromatic heterocycles. The van der Waals surface area contributed by atoms with Gasteiger partial charge in [-0.25, -0.2) is 0 Å². The Kier molecular flexibility index (Phi) is 20.3. The highest BCUT2D eigenvalue weighted by Gasteiger charge is 2.05. The molecule has 1 rings (SSSR count). The summed E-state index contributed by atoms with van der Waals surface area (Å²) in [6, 6.07) is 0. The normalized spacial score (nSPS) is 20.0. The Balaban J connectivity index is 2.13. The average Bonchev–Trinajstić information content (AvgIpc) is 2.73. The zero-order valence-electron chi connectivity index (χ0n) is 18.6. The molecule has 0 unspecified atom stereocenters. The summed E-state index contributed by atoms with van der Waals surface area (Å²) in [5.74, 6) is 0. The van der Waals surface area contributed by atoms with Crippen molar-refractivity contribution in [2.75, 3.05) is 85.7 Å². The van der Waals surface area contributed by atoms with Crippen LogP contribution in [0.25, 0.3) is 0 Å². The van der Waals surface area contributed by atoms with Gasteiger partial charge in [0.2, 0.25) is 0 Å². The largest absolute Gasteiger partial charge is 0.378 e. The van der Waals surface area contributed by atoms with Crippen LogP contribution < -0.4 is 0 Å². The molecular formula is C23H45NO5. The molecular weight excluding hydrogens is 370 g/mol. The van der Waals surface area contributed by atoms with E-state index in [1.165, 1.54) is 44.9 Å². The van der Waals surface area contributed by atoms with Crippen LogP contribution in [-0.4, -0.2) is 90.6 Å². The maximum atomic E-state index is 5.73. The second-order valence-electron chi connectivity index (χ2n) is 7.46. The summed E-state index contributed by atoms with van der Waals surface area (Å²) in [5, 5.41) is 0. The van der Waals surface area contributed by atoms with E-state index in [0.717, 1.165) is 39.3 Å². The van der Waals surface area contributed by atoms with E-state index in [2.05, 4.69) is 11.5 Å². The van der Waals surface area contributed by atoms with Crippen LogP contribution in [0.5, 0.6) is 0 Å². The number of hydrogen-bond donors (Lipinski definition) is 0. The van der Waals surface area contributed by atoms with Crippen molar-refractivity contribution in [3.8, 4) is 0 Å². The predicted octanol–water partition coefficient (Wildman–Crippen LogP) is 3.69. The lowest BCUT2D eigenvalue weighted by Gasteiger charge is -2.22. The highest BCUT2D eigenvalue weighted by atomic mass is 16.6. The van der Waals surface area contributed by atoms with E-state index in [1.807, 2.05) is 6.08 Å². The lowest BCUT2D eigenvalue weighted by Crippen LogP contribution is -2.32. The van der Waals surface area contributed by atoms with Crippen LogP contribution in [0.3, 0.4) is 0 Å². The first kappa shape index (κ1) is 26.5. The van der Waals surface area contributed by atoms with E-state index in [1.54, 1.807) is 0 Å². The molecule has 29 heavy (non-hydrogen) atoms. The molecule has 0 spiro atoms.